The van der Waals surface area contributed by atoms with Crippen molar-refractivity contribution in [2.75, 3.05) is 13.2 Å². The van der Waals surface area contributed by atoms with Gasteiger partial charge >= 0.3 is 0 Å². The SMILES string of the molecule is CC(C)C1COC(c2cc(Br)ccc2F)CN1. The summed E-state index contributed by atoms with van der Waals surface area (Å²) in [5.41, 5.74) is 0.620. The maximum absolute atomic E-state index is 13.7. The van der Waals surface area contributed by atoms with Crippen molar-refractivity contribution in [1.29, 1.82) is 0 Å². The summed E-state index contributed by atoms with van der Waals surface area (Å²) in [5, 5.41) is 3.41. The van der Waals surface area contributed by atoms with E-state index < -0.39 is 0 Å². The first kappa shape index (κ1) is 13.0. The van der Waals surface area contributed by atoms with Crippen LogP contribution in [-0.2, 0) is 4.74 Å². The van der Waals surface area contributed by atoms with Crippen LogP contribution in [0.4, 0.5) is 4.39 Å². The van der Waals surface area contributed by atoms with Crippen LogP contribution in [0.3, 0.4) is 0 Å². The van der Waals surface area contributed by atoms with Gasteiger partial charge in [-0.1, -0.05) is 29.8 Å². The van der Waals surface area contributed by atoms with Gasteiger partial charge in [-0.15, -0.1) is 0 Å². The molecule has 2 atom stereocenters. The summed E-state index contributed by atoms with van der Waals surface area (Å²) in [7, 11) is 0. The molecule has 0 aromatic heterocycles. The Morgan fingerprint density at radius 1 is 1.47 bits per heavy atom. The highest BCUT2D eigenvalue weighted by atomic mass is 79.9. The standard InChI is InChI=1S/C13H17BrFNO/c1-8(2)12-7-17-13(6-16-12)10-5-9(14)3-4-11(10)15/h3-5,8,12-13,16H,6-7H2,1-2H3. The van der Waals surface area contributed by atoms with Crippen molar-refractivity contribution in [2.45, 2.75) is 26.0 Å². The second kappa shape index (κ2) is 5.46. The summed E-state index contributed by atoms with van der Waals surface area (Å²) in [5.74, 6) is 0.325. The third-order valence-corrected chi connectivity index (χ3v) is 3.65. The summed E-state index contributed by atoms with van der Waals surface area (Å²) in [6.07, 6.45) is -0.192. The fraction of sp³-hybridized carbons (Fsp3) is 0.538. The average molecular weight is 302 g/mol. The van der Waals surface area contributed by atoms with Crippen LogP contribution in [0.2, 0.25) is 0 Å². The van der Waals surface area contributed by atoms with Crippen LogP contribution in [0.15, 0.2) is 22.7 Å². The van der Waals surface area contributed by atoms with E-state index in [-0.39, 0.29) is 11.9 Å². The number of hydrogen-bond acceptors (Lipinski definition) is 2. The predicted octanol–water partition coefficient (Wildman–Crippen LogP) is 3.27. The molecule has 0 spiro atoms. The summed E-state index contributed by atoms with van der Waals surface area (Å²) in [6, 6.07) is 5.32. The molecular weight excluding hydrogens is 285 g/mol. The smallest absolute Gasteiger partial charge is 0.129 e. The zero-order valence-corrected chi connectivity index (χ0v) is 11.6. The molecule has 0 radical (unpaired) electrons. The van der Waals surface area contributed by atoms with Crippen LogP contribution >= 0.6 is 15.9 Å². The molecule has 1 N–H and O–H groups in total. The van der Waals surface area contributed by atoms with E-state index in [1.165, 1.54) is 6.07 Å². The van der Waals surface area contributed by atoms with Gasteiger partial charge < -0.3 is 10.1 Å². The van der Waals surface area contributed by atoms with E-state index in [1.54, 1.807) is 12.1 Å². The van der Waals surface area contributed by atoms with E-state index in [0.29, 0.717) is 30.7 Å². The fourth-order valence-electron chi connectivity index (χ4n) is 1.99. The maximum Gasteiger partial charge on any atom is 0.129 e. The number of benzene rings is 1. The number of nitrogens with one attached hydrogen (secondary N) is 1. The molecule has 0 saturated carbocycles. The van der Waals surface area contributed by atoms with E-state index in [1.807, 2.05) is 0 Å². The molecule has 1 aliphatic heterocycles. The van der Waals surface area contributed by atoms with E-state index >= 15 is 0 Å². The molecule has 0 aliphatic carbocycles. The molecule has 1 aromatic rings. The number of hydrogen-bond donors (Lipinski definition) is 1. The largest absolute Gasteiger partial charge is 0.370 e. The average Bonchev–Trinajstić information content (AvgIpc) is 2.32. The van der Waals surface area contributed by atoms with Crippen molar-refractivity contribution in [2.24, 2.45) is 5.92 Å². The van der Waals surface area contributed by atoms with Crippen LogP contribution in [0.25, 0.3) is 0 Å². The lowest BCUT2D eigenvalue weighted by Gasteiger charge is -2.33. The molecule has 1 heterocycles. The highest BCUT2D eigenvalue weighted by Crippen LogP contribution is 2.26. The highest BCUT2D eigenvalue weighted by molar-refractivity contribution is 9.10. The molecule has 1 fully saturated rings. The maximum atomic E-state index is 13.7. The van der Waals surface area contributed by atoms with Crippen LogP contribution in [0, 0.1) is 11.7 Å². The van der Waals surface area contributed by atoms with Crippen molar-refractivity contribution in [3.63, 3.8) is 0 Å². The molecule has 1 aromatic carbocycles. The first-order chi connectivity index (χ1) is 8.08. The van der Waals surface area contributed by atoms with Gasteiger partial charge in [0.25, 0.3) is 0 Å². The van der Waals surface area contributed by atoms with Gasteiger partial charge in [0.2, 0.25) is 0 Å². The minimum Gasteiger partial charge on any atom is -0.370 e. The third kappa shape index (κ3) is 3.06. The van der Waals surface area contributed by atoms with Gasteiger partial charge in [-0.3, -0.25) is 0 Å². The molecule has 4 heteroatoms. The van der Waals surface area contributed by atoms with Crippen molar-refractivity contribution < 1.29 is 9.13 Å². The van der Waals surface area contributed by atoms with Gasteiger partial charge in [0.15, 0.2) is 0 Å². The topological polar surface area (TPSA) is 21.3 Å². The van der Waals surface area contributed by atoms with Gasteiger partial charge in [0.1, 0.15) is 5.82 Å². The lowest BCUT2D eigenvalue weighted by Crippen LogP contribution is -2.45. The molecule has 94 valence electrons. The zero-order chi connectivity index (χ0) is 12.4. The summed E-state index contributed by atoms with van der Waals surface area (Å²) in [4.78, 5) is 0. The van der Waals surface area contributed by atoms with E-state index in [4.69, 9.17) is 4.74 Å². The Balaban J connectivity index is 2.07. The summed E-state index contributed by atoms with van der Waals surface area (Å²) >= 11 is 3.36. The summed E-state index contributed by atoms with van der Waals surface area (Å²) < 4.78 is 20.3. The van der Waals surface area contributed by atoms with E-state index in [0.717, 1.165) is 4.47 Å². The van der Waals surface area contributed by atoms with E-state index in [2.05, 4.69) is 35.1 Å². The number of halogens is 2. The van der Waals surface area contributed by atoms with Gasteiger partial charge in [0, 0.05) is 22.6 Å². The van der Waals surface area contributed by atoms with Gasteiger partial charge in [-0.2, -0.15) is 0 Å². The van der Waals surface area contributed by atoms with Gasteiger partial charge in [0.05, 0.1) is 12.7 Å². The van der Waals surface area contributed by atoms with Crippen LogP contribution in [-0.4, -0.2) is 19.2 Å². The molecule has 0 amide bonds. The van der Waals surface area contributed by atoms with Gasteiger partial charge in [-0.25, -0.2) is 4.39 Å². The minimum atomic E-state index is -0.206. The fourth-order valence-corrected chi connectivity index (χ4v) is 2.36. The molecule has 2 unspecified atom stereocenters. The van der Waals surface area contributed by atoms with Crippen molar-refractivity contribution in [3.8, 4) is 0 Å². The third-order valence-electron chi connectivity index (χ3n) is 3.15. The number of ether oxygens (including phenoxy) is 1. The molecule has 0 bridgehead atoms. The monoisotopic (exact) mass is 301 g/mol. The molecule has 1 saturated heterocycles. The van der Waals surface area contributed by atoms with Crippen molar-refractivity contribution >= 4 is 15.9 Å². The van der Waals surface area contributed by atoms with Crippen molar-refractivity contribution in [3.05, 3.63) is 34.1 Å². The molecular formula is C13H17BrFNO. The second-order valence-corrected chi connectivity index (χ2v) is 5.66. The van der Waals surface area contributed by atoms with Crippen LogP contribution < -0.4 is 5.32 Å². The second-order valence-electron chi connectivity index (χ2n) is 4.75. The predicted molar refractivity (Wildman–Crippen MR) is 69.4 cm³/mol. The first-order valence-corrected chi connectivity index (χ1v) is 6.67. The normalized spacial score (nSPS) is 25.2. The Kier molecular flexibility index (Phi) is 4.17. The highest BCUT2D eigenvalue weighted by Gasteiger charge is 2.25. The Labute approximate surface area is 110 Å². The Bertz CT molecular complexity index is 389. The molecule has 17 heavy (non-hydrogen) atoms. The summed E-state index contributed by atoms with van der Waals surface area (Å²) in [6.45, 7) is 5.60. The lowest BCUT2D eigenvalue weighted by molar-refractivity contribution is -0.00886. The Morgan fingerprint density at radius 2 is 2.24 bits per heavy atom. The van der Waals surface area contributed by atoms with Crippen LogP contribution in [0.1, 0.15) is 25.5 Å². The number of morpholine rings is 1. The quantitative estimate of drug-likeness (QED) is 0.905. The molecule has 2 nitrogen and oxygen atoms in total. The van der Waals surface area contributed by atoms with Crippen molar-refractivity contribution in [1.82, 2.24) is 5.32 Å². The minimum absolute atomic E-state index is 0.192. The Morgan fingerprint density at radius 3 is 2.82 bits per heavy atom. The van der Waals surface area contributed by atoms with Gasteiger partial charge in [-0.05, 0) is 24.1 Å². The number of rotatable bonds is 2. The molecule has 1 aliphatic rings. The van der Waals surface area contributed by atoms with Crippen LogP contribution in [0.5, 0.6) is 0 Å². The first-order valence-electron chi connectivity index (χ1n) is 5.88. The molecule has 2 rings (SSSR count). The van der Waals surface area contributed by atoms with E-state index in [9.17, 15) is 4.39 Å². The lowest BCUT2D eigenvalue weighted by atomic mass is 10.0. The Hall–Kier alpha value is -0.450. The zero-order valence-electron chi connectivity index (χ0n) is 10.0.